The molecule has 3 aromatic heterocycles. The molecule has 4 heterocycles. The van der Waals surface area contributed by atoms with E-state index in [0.29, 0.717) is 79.9 Å². The van der Waals surface area contributed by atoms with Crippen LogP contribution in [-0.2, 0) is 11.3 Å². The Labute approximate surface area is 177 Å². The van der Waals surface area contributed by atoms with Crippen molar-refractivity contribution in [3.63, 3.8) is 0 Å². The van der Waals surface area contributed by atoms with Gasteiger partial charge in [-0.15, -0.1) is 0 Å². The van der Waals surface area contributed by atoms with Gasteiger partial charge in [0.25, 0.3) is 0 Å². The van der Waals surface area contributed by atoms with Gasteiger partial charge in [0.15, 0.2) is 5.65 Å². The lowest BCUT2D eigenvalue weighted by atomic mass is 9.86. The number of rotatable bonds is 4. The first-order chi connectivity index (χ1) is 15.1. The van der Waals surface area contributed by atoms with E-state index in [1.54, 1.807) is 10.9 Å². The standard InChI is InChI=1S/C20H24F2N8O/c21-13-2-1-3-14(22)12(13)10-30-11-26-18-17(15-8-25-16(23)9-24-15)27-20(28-19(18)30)29-4-6-31-7-5-29/h8-9,11-14H,1-7,10H2,(H2,23,25)/t12?,13-,14?/m1/s1. The molecule has 1 saturated carbocycles. The van der Waals surface area contributed by atoms with Gasteiger partial charge in [0.05, 0.1) is 31.9 Å². The largest absolute Gasteiger partial charge is 0.382 e. The molecule has 11 heteroatoms. The highest BCUT2D eigenvalue weighted by Gasteiger charge is 2.34. The van der Waals surface area contributed by atoms with Crippen molar-refractivity contribution >= 4 is 22.9 Å². The number of nitrogens with zero attached hydrogens (tertiary/aromatic N) is 7. The van der Waals surface area contributed by atoms with E-state index in [9.17, 15) is 8.78 Å². The Bertz CT molecular complexity index is 1040. The van der Waals surface area contributed by atoms with Crippen molar-refractivity contribution in [1.29, 1.82) is 0 Å². The number of alkyl halides is 2. The van der Waals surface area contributed by atoms with Crippen LogP contribution in [0.25, 0.3) is 22.6 Å². The maximum atomic E-state index is 14.5. The van der Waals surface area contributed by atoms with Gasteiger partial charge in [-0.2, -0.15) is 4.98 Å². The Hall–Kier alpha value is -2.95. The maximum Gasteiger partial charge on any atom is 0.228 e. The molecule has 1 aliphatic heterocycles. The van der Waals surface area contributed by atoms with E-state index >= 15 is 0 Å². The first kappa shape index (κ1) is 20.0. The Kier molecular flexibility index (Phi) is 5.34. The molecule has 9 nitrogen and oxygen atoms in total. The van der Waals surface area contributed by atoms with Crippen LogP contribution in [0.1, 0.15) is 19.3 Å². The summed E-state index contributed by atoms with van der Waals surface area (Å²) in [4.78, 5) is 24.4. The van der Waals surface area contributed by atoms with Crippen molar-refractivity contribution in [3.05, 3.63) is 18.7 Å². The van der Waals surface area contributed by atoms with Crippen LogP contribution in [0, 0.1) is 5.92 Å². The van der Waals surface area contributed by atoms with E-state index < -0.39 is 18.3 Å². The lowest BCUT2D eigenvalue weighted by Gasteiger charge is -2.29. The molecule has 0 amide bonds. The highest BCUT2D eigenvalue weighted by atomic mass is 19.1. The first-order valence-electron chi connectivity index (χ1n) is 10.5. The fraction of sp³-hybridized carbons (Fsp3) is 0.550. The number of nitrogens with two attached hydrogens (primary N) is 1. The average Bonchev–Trinajstić information content (AvgIpc) is 3.20. The number of hydrogen-bond acceptors (Lipinski definition) is 8. The first-order valence-corrected chi connectivity index (χ1v) is 10.5. The summed E-state index contributed by atoms with van der Waals surface area (Å²) in [5.41, 5.74) is 7.73. The number of anilines is 2. The highest BCUT2D eigenvalue weighted by Crippen LogP contribution is 2.33. The molecule has 5 rings (SSSR count). The second-order valence-electron chi connectivity index (χ2n) is 7.99. The van der Waals surface area contributed by atoms with Crippen LogP contribution in [0.2, 0.25) is 0 Å². The third-order valence-electron chi connectivity index (χ3n) is 5.96. The molecule has 0 aromatic carbocycles. The normalized spacial score (nSPS) is 24.6. The van der Waals surface area contributed by atoms with Crippen LogP contribution in [0.4, 0.5) is 20.5 Å². The van der Waals surface area contributed by atoms with Crippen LogP contribution in [0.15, 0.2) is 18.7 Å². The van der Waals surface area contributed by atoms with Gasteiger partial charge in [-0.1, -0.05) is 0 Å². The van der Waals surface area contributed by atoms with E-state index in [-0.39, 0.29) is 6.54 Å². The predicted octanol–water partition coefficient (Wildman–Crippen LogP) is 2.18. The minimum Gasteiger partial charge on any atom is -0.382 e. The van der Waals surface area contributed by atoms with E-state index in [4.69, 9.17) is 20.4 Å². The number of fused-ring (bicyclic) bond motifs is 1. The Morgan fingerprint density at radius 1 is 1.03 bits per heavy atom. The molecule has 3 atom stereocenters. The number of halogens is 2. The van der Waals surface area contributed by atoms with Crippen LogP contribution in [-0.4, -0.2) is 68.1 Å². The SMILES string of the molecule is Nc1cnc(-c2nc(N3CCOCC3)nc3c2ncn3CC2C(F)CCC[C@H]2F)cn1. The van der Waals surface area contributed by atoms with E-state index in [2.05, 4.69) is 15.0 Å². The molecule has 0 bridgehead atoms. The maximum absolute atomic E-state index is 14.5. The lowest BCUT2D eigenvalue weighted by molar-refractivity contribution is 0.0647. The molecule has 0 spiro atoms. The summed E-state index contributed by atoms with van der Waals surface area (Å²) in [6, 6.07) is 0. The van der Waals surface area contributed by atoms with Gasteiger partial charge < -0.3 is 19.9 Å². The van der Waals surface area contributed by atoms with E-state index in [1.807, 2.05) is 4.90 Å². The number of aromatic nitrogens is 6. The molecule has 31 heavy (non-hydrogen) atoms. The topological polar surface area (TPSA) is 108 Å². The number of morpholine rings is 1. The molecular formula is C20H24F2N8O. The second-order valence-corrected chi connectivity index (χ2v) is 7.99. The average molecular weight is 430 g/mol. The zero-order valence-electron chi connectivity index (χ0n) is 17.0. The van der Waals surface area contributed by atoms with Crippen LogP contribution in [0.5, 0.6) is 0 Å². The van der Waals surface area contributed by atoms with Gasteiger partial charge in [0.2, 0.25) is 5.95 Å². The zero-order chi connectivity index (χ0) is 21.4. The number of nitrogen functional groups attached to an aromatic ring is 1. The minimum absolute atomic E-state index is 0.172. The predicted molar refractivity (Wildman–Crippen MR) is 111 cm³/mol. The Morgan fingerprint density at radius 3 is 2.52 bits per heavy atom. The summed E-state index contributed by atoms with van der Waals surface area (Å²) in [5.74, 6) is 0.0874. The summed E-state index contributed by atoms with van der Waals surface area (Å²) in [7, 11) is 0. The van der Waals surface area contributed by atoms with Gasteiger partial charge in [-0.05, 0) is 19.3 Å². The molecule has 2 aliphatic rings. The quantitative estimate of drug-likeness (QED) is 0.671. The number of imidazole rings is 1. The van der Waals surface area contributed by atoms with Crippen molar-refractivity contribution in [3.8, 4) is 11.4 Å². The zero-order valence-corrected chi connectivity index (χ0v) is 17.0. The van der Waals surface area contributed by atoms with Gasteiger partial charge >= 0.3 is 0 Å². The van der Waals surface area contributed by atoms with Gasteiger partial charge in [-0.3, -0.25) is 0 Å². The molecule has 2 fully saturated rings. The van der Waals surface area contributed by atoms with E-state index in [1.165, 1.54) is 12.4 Å². The molecule has 164 valence electrons. The fourth-order valence-corrected chi connectivity index (χ4v) is 4.23. The third kappa shape index (κ3) is 3.89. The molecule has 0 radical (unpaired) electrons. The Morgan fingerprint density at radius 2 is 1.81 bits per heavy atom. The van der Waals surface area contributed by atoms with Crippen molar-refractivity contribution in [2.24, 2.45) is 5.92 Å². The molecule has 1 aliphatic carbocycles. The fourth-order valence-electron chi connectivity index (χ4n) is 4.23. The van der Waals surface area contributed by atoms with Crippen molar-refractivity contribution in [2.75, 3.05) is 36.9 Å². The highest BCUT2D eigenvalue weighted by molar-refractivity contribution is 5.87. The summed E-state index contributed by atoms with van der Waals surface area (Å²) in [5, 5.41) is 0. The molecule has 2 N–H and O–H groups in total. The van der Waals surface area contributed by atoms with Crippen molar-refractivity contribution in [2.45, 2.75) is 38.2 Å². The van der Waals surface area contributed by atoms with Crippen LogP contribution >= 0.6 is 0 Å². The van der Waals surface area contributed by atoms with E-state index in [0.717, 1.165) is 0 Å². The lowest BCUT2D eigenvalue weighted by Crippen LogP contribution is -2.37. The molecular weight excluding hydrogens is 406 g/mol. The third-order valence-corrected chi connectivity index (χ3v) is 5.96. The van der Waals surface area contributed by atoms with Crippen LogP contribution < -0.4 is 10.6 Å². The molecule has 1 saturated heterocycles. The minimum atomic E-state index is -1.18. The summed E-state index contributed by atoms with van der Waals surface area (Å²) in [6.07, 6.45) is 3.56. The summed E-state index contributed by atoms with van der Waals surface area (Å²) in [6.45, 7) is 2.62. The number of ether oxygens (including phenoxy) is 1. The van der Waals surface area contributed by atoms with Crippen LogP contribution in [0.3, 0.4) is 0 Å². The van der Waals surface area contributed by atoms with Gasteiger partial charge in [0, 0.05) is 25.6 Å². The van der Waals surface area contributed by atoms with Gasteiger partial charge in [0.1, 0.15) is 35.1 Å². The van der Waals surface area contributed by atoms with Crippen molar-refractivity contribution < 1.29 is 13.5 Å². The smallest absolute Gasteiger partial charge is 0.228 e. The summed E-state index contributed by atoms with van der Waals surface area (Å²) >= 11 is 0. The Balaban J connectivity index is 1.59. The molecule has 3 aromatic rings. The number of hydrogen-bond donors (Lipinski definition) is 1. The second kappa shape index (κ2) is 8.29. The van der Waals surface area contributed by atoms with Gasteiger partial charge in [-0.25, -0.2) is 28.7 Å². The molecule has 2 unspecified atom stereocenters. The van der Waals surface area contributed by atoms with Crippen molar-refractivity contribution in [1.82, 2.24) is 29.5 Å². The monoisotopic (exact) mass is 430 g/mol. The summed E-state index contributed by atoms with van der Waals surface area (Å²) < 4.78 is 36.1.